The summed E-state index contributed by atoms with van der Waals surface area (Å²) in [5.41, 5.74) is 1.17. The molecule has 1 aromatic rings. The van der Waals surface area contributed by atoms with Gasteiger partial charge in [0, 0.05) is 23.5 Å². The van der Waals surface area contributed by atoms with Crippen molar-refractivity contribution in [2.45, 2.75) is 42.7 Å². The van der Waals surface area contributed by atoms with Crippen LogP contribution in [-0.2, 0) is 0 Å². The standard InChI is InChI=1S/C17H23FN2S/c18-15-3-1-2-14-16(7-9-21-17(14)15)19-10-12-6-8-20(11-12)13-4-5-13/h1-3,12-13,16,19H,4-11H2. The number of thioether (sulfide) groups is 1. The van der Waals surface area contributed by atoms with Crippen LogP contribution in [0.3, 0.4) is 0 Å². The average molecular weight is 306 g/mol. The van der Waals surface area contributed by atoms with E-state index in [0.717, 1.165) is 35.6 Å². The molecule has 1 aliphatic carbocycles. The predicted molar refractivity (Wildman–Crippen MR) is 85.2 cm³/mol. The molecular formula is C17H23FN2S. The number of rotatable bonds is 4. The fourth-order valence-corrected chi connectivity index (χ4v) is 4.85. The minimum Gasteiger partial charge on any atom is -0.310 e. The number of halogens is 1. The van der Waals surface area contributed by atoms with Gasteiger partial charge in [-0.25, -0.2) is 4.39 Å². The summed E-state index contributed by atoms with van der Waals surface area (Å²) in [6, 6.07) is 6.76. The molecule has 2 unspecified atom stereocenters. The van der Waals surface area contributed by atoms with E-state index in [4.69, 9.17) is 0 Å². The van der Waals surface area contributed by atoms with Crippen LogP contribution in [0.2, 0.25) is 0 Å². The molecule has 0 spiro atoms. The molecule has 0 aromatic heterocycles. The van der Waals surface area contributed by atoms with Crippen molar-refractivity contribution in [2.24, 2.45) is 5.92 Å². The molecule has 2 aliphatic heterocycles. The van der Waals surface area contributed by atoms with E-state index in [9.17, 15) is 4.39 Å². The van der Waals surface area contributed by atoms with Crippen LogP contribution in [0.1, 0.15) is 37.3 Å². The Hall–Kier alpha value is -0.580. The Morgan fingerprint density at radius 3 is 3.00 bits per heavy atom. The molecule has 0 bridgehead atoms. The van der Waals surface area contributed by atoms with Crippen molar-refractivity contribution in [3.05, 3.63) is 29.6 Å². The molecule has 1 aromatic carbocycles. The first-order chi connectivity index (χ1) is 10.3. The van der Waals surface area contributed by atoms with Gasteiger partial charge >= 0.3 is 0 Å². The number of nitrogens with one attached hydrogen (secondary N) is 1. The minimum atomic E-state index is -0.0511. The normalized spacial score (nSPS) is 29.6. The van der Waals surface area contributed by atoms with Gasteiger partial charge in [0.2, 0.25) is 0 Å². The van der Waals surface area contributed by atoms with Crippen molar-refractivity contribution < 1.29 is 4.39 Å². The van der Waals surface area contributed by atoms with Crippen molar-refractivity contribution in [3.63, 3.8) is 0 Å². The van der Waals surface area contributed by atoms with E-state index in [2.05, 4.69) is 16.3 Å². The Kier molecular flexibility index (Phi) is 3.94. The van der Waals surface area contributed by atoms with Gasteiger partial charge in [-0.05, 0) is 62.1 Å². The fraction of sp³-hybridized carbons (Fsp3) is 0.647. The van der Waals surface area contributed by atoms with E-state index < -0.39 is 0 Å². The molecule has 3 aliphatic rings. The van der Waals surface area contributed by atoms with Gasteiger partial charge in [-0.1, -0.05) is 12.1 Å². The summed E-state index contributed by atoms with van der Waals surface area (Å²) in [5, 5.41) is 3.72. The summed E-state index contributed by atoms with van der Waals surface area (Å²) < 4.78 is 13.9. The highest BCUT2D eigenvalue weighted by Gasteiger charge is 2.34. The third kappa shape index (κ3) is 2.99. The average Bonchev–Trinajstić information content (AvgIpc) is 3.25. The van der Waals surface area contributed by atoms with Crippen LogP contribution in [0.25, 0.3) is 0 Å². The van der Waals surface area contributed by atoms with Gasteiger partial charge < -0.3 is 10.2 Å². The lowest BCUT2D eigenvalue weighted by molar-refractivity contribution is 0.308. The number of hydrogen-bond donors (Lipinski definition) is 1. The lowest BCUT2D eigenvalue weighted by Crippen LogP contribution is -2.31. The van der Waals surface area contributed by atoms with Gasteiger partial charge in [-0.2, -0.15) is 0 Å². The number of likely N-dealkylation sites (tertiary alicyclic amines) is 1. The predicted octanol–water partition coefficient (Wildman–Crippen LogP) is 3.44. The van der Waals surface area contributed by atoms with Gasteiger partial charge in [-0.3, -0.25) is 0 Å². The van der Waals surface area contributed by atoms with Crippen molar-refractivity contribution in [3.8, 4) is 0 Å². The first-order valence-electron chi connectivity index (χ1n) is 8.20. The molecule has 4 heteroatoms. The first-order valence-corrected chi connectivity index (χ1v) is 9.18. The second-order valence-corrected chi connectivity index (χ2v) is 7.74. The summed E-state index contributed by atoms with van der Waals surface area (Å²) in [7, 11) is 0. The SMILES string of the molecule is Fc1cccc2c1SCCC2NCC1CCN(C2CC2)C1. The molecule has 2 nitrogen and oxygen atoms in total. The van der Waals surface area contributed by atoms with Crippen LogP contribution >= 0.6 is 11.8 Å². The molecule has 4 rings (SSSR count). The molecule has 2 fully saturated rings. The van der Waals surface area contributed by atoms with Crippen LogP contribution < -0.4 is 5.32 Å². The van der Waals surface area contributed by atoms with Gasteiger partial charge in [0.25, 0.3) is 0 Å². The third-order valence-electron chi connectivity index (χ3n) is 5.06. The van der Waals surface area contributed by atoms with Crippen LogP contribution in [0.4, 0.5) is 4.39 Å². The molecule has 1 N–H and O–H groups in total. The van der Waals surface area contributed by atoms with Crippen LogP contribution in [0, 0.1) is 11.7 Å². The molecule has 114 valence electrons. The summed E-state index contributed by atoms with van der Waals surface area (Å²) in [5.74, 6) is 1.74. The molecule has 0 radical (unpaired) electrons. The summed E-state index contributed by atoms with van der Waals surface area (Å²) in [6.07, 6.45) is 5.25. The van der Waals surface area contributed by atoms with Crippen molar-refractivity contribution in [1.82, 2.24) is 10.2 Å². The number of benzene rings is 1. The zero-order chi connectivity index (χ0) is 14.2. The zero-order valence-corrected chi connectivity index (χ0v) is 13.2. The van der Waals surface area contributed by atoms with Crippen molar-refractivity contribution in [2.75, 3.05) is 25.4 Å². The van der Waals surface area contributed by atoms with Gasteiger partial charge in [-0.15, -0.1) is 11.8 Å². The molecule has 1 saturated heterocycles. The van der Waals surface area contributed by atoms with Crippen LogP contribution in [0.5, 0.6) is 0 Å². The monoisotopic (exact) mass is 306 g/mol. The quantitative estimate of drug-likeness (QED) is 0.917. The van der Waals surface area contributed by atoms with Crippen LogP contribution in [0.15, 0.2) is 23.1 Å². The number of nitrogens with zero attached hydrogens (tertiary/aromatic N) is 1. The smallest absolute Gasteiger partial charge is 0.137 e. The van der Waals surface area contributed by atoms with E-state index in [1.54, 1.807) is 17.8 Å². The third-order valence-corrected chi connectivity index (χ3v) is 6.22. The fourth-order valence-electron chi connectivity index (χ4n) is 3.71. The molecule has 21 heavy (non-hydrogen) atoms. The lowest BCUT2D eigenvalue weighted by atomic mass is 10.0. The van der Waals surface area contributed by atoms with E-state index in [1.165, 1.54) is 37.9 Å². The molecule has 2 heterocycles. The topological polar surface area (TPSA) is 15.3 Å². The molecule has 1 saturated carbocycles. The Bertz CT molecular complexity index is 518. The second kappa shape index (κ2) is 5.90. The Morgan fingerprint density at radius 2 is 2.14 bits per heavy atom. The Labute approximate surface area is 130 Å². The van der Waals surface area contributed by atoms with Gasteiger partial charge in [0.05, 0.1) is 0 Å². The van der Waals surface area contributed by atoms with Gasteiger partial charge in [0.15, 0.2) is 0 Å². The zero-order valence-electron chi connectivity index (χ0n) is 12.4. The van der Waals surface area contributed by atoms with E-state index in [1.807, 2.05) is 6.07 Å². The molecule has 0 amide bonds. The maximum atomic E-state index is 13.9. The van der Waals surface area contributed by atoms with Crippen LogP contribution in [-0.4, -0.2) is 36.3 Å². The molecule has 2 atom stereocenters. The highest BCUT2D eigenvalue weighted by atomic mass is 32.2. The Morgan fingerprint density at radius 1 is 1.24 bits per heavy atom. The highest BCUT2D eigenvalue weighted by molar-refractivity contribution is 7.99. The molecular weight excluding hydrogens is 283 g/mol. The summed E-state index contributed by atoms with van der Waals surface area (Å²) in [6.45, 7) is 3.62. The Balaban J connectivity index is 1.37. The van der Waals surface area contributed by atoms with E-state index in [-0.39, 0.29) is 5.82 Å². The number of hydrogen-bond acceptors (Lipinski definition) is 3. The second-order valence-electron chi connectivity index (χ2n) is 6.64. The number of fused-ring (bicyclic) bond motifs is 1. The van der Waals surface area contributed by atoms with E-state index in [0.29, 0.717) is 6.04 Å². The van der Waals surface area contributed by atoms with Crippen molar-refractivity contribution >= 4 is 11.8 Å². The summed E-state index contributed by atoms with van der Waals surface area (Å²) >= 11 is 1.67. The van der Waals surface area contributed by atoms with Gasteiger partial charge in [0.1, 0.15) is 5.82 Å². The largest absolute Gasteiger partial charge is 0.310 e. The maximum absolute atomic E-state index is 13.9. The maximum Gasteiger partial charge on any atom is 0.137 e. The summed E-state index contributed by atoms with van der Waals surface area (Å²) in [4.78, 5) is 3.53. The van der Waals surface area contributed by atoms with E-state index >= 15 is 0 Å². The first kappa shape index (κ1) is 14.0. The van der Waals surface area contributed by atoms with Crippen molar-refractivity contribution in [1.29, 1.82) is 0 Å². The highest BCUT2D eigenvalue weighted by Crippen LogP contribution is 2.38. The minimum absolute atomic E-state index is 0.0511. The lowest BCUT2D eigenvalue weighted by Gasteiger charge is -2.27.